The van der Waals surface area contributed by atoms with E-state index in [1.807, 2.05) is 0 Å². The van der Waals surface area contributed by atoms with Gasteiger partial charge in [-0.3, -0.25) is 5.43 Å². The zero-order valence-corrected chi connectivity index (χ0v) is 12.7. The lowest BCUT2D eigenvalue weighted by molar-refractivity contribution is 0.204. The van der Waals surface area contributed by atoms with Gasteiger partial charge in [-0.2, -0.15) is 0 Å². The first-order chi connectivity index (χ1) is 10.7. The number of urea groups is 1. The van der Waals surface area contributed by atoms with Crippen LogP contribution in [-0.4, -0.2) is 29.3 Å². The van der Waals surface area contributed by atoms with Crippen molar-refractivity contribution in [3.63, 3.8) is 0 Å². The van der Waals surface area contributed by atoms with Gasteiger partial charge in [-0.25, -0.2) is 9.80 Å². The number of halogens is 1. The standard InChI is InChI=1S/C15H18ClN3O3/c16-13-11-12(5-6-14(13)20)22-10-4-2-7-17-15(21)19-9-3-1-8-18-19/h1,3,5-6,8-9,11,18,20H,2,4,7,10H2,(H,17,21). The van der Waals surface area contributed by atoms with Crippen LogP contribution in [0.5, 0.6) is 11.5 Å². The average Bonchev–Trinajstić information content (AvgIpc) is 2.54. The van der Waals surface area contributed by atoms with Gasteiger partial charge in [0.2, 0.25) is 0 Å². The molecule has 1 heterocycles. The summed E-state index contributed by atoms with van der Waals surface area (Å²) in [5.41, 5.74) is 2.80. The number of hydrogen-bond donors (Lipinski definition) is 3. The molecule has 0 aromatic heterocycles. The fourth-order valence-electron chi connectivity index (χ4n) is 1.76. The van der Waals surface area contributed by atoms with Crippen molar-refractivity contribution < 1.29 is 14.6 Å². The maximum Gasteiger partial charge on any atom is 0.340 e. The van der Waals surface area contributed by atoms with Crippen LogP contribution in [0, 0.1) is 0 Å². The Hall–Kier alpha value is -2.34. The molecule has 1 aromatic rings. The van der Waals surface area contributed by atoms with Crippen molar-refractivity contribution in [3.05, 3.63) is 47.8 Å². The third-order valence-electron chi connectivity index (χ3n) is 2.91. The van der Waals surface area contributed by atoms with Crippen LogP contribution in [0.2, 0.25) is 5.02 Å². The second-order valence-electron chi connectivity index (χ2n) is 4.60. The van der Waals surface area contributed by atoms with Crippen molar-refractivity contribution in [1.82, 2.24) is 15.8 Å². The van der Waals surface area contributed by atoms with E-state index in [0.717, 1.165) is 12.8 Å². The Balaban J connectivity index is 1.57. The lowest BCUT2D eigenvalue weighted by atomic mass is 10.3. The number of phenols is 1. The summed E-state index contributed by atoms with van der Waals surface area (Å²) in [5.74, 6) is 0.647. The van der Waals surface area contributed by atoms with E-state index in [2.05, 4.69) is 10.7 Å². The number of amides is 2. The summed E-state index contributed by atoms with van der Waals surface area (Å²) in [6.45, 7) is 1.08. The quantitative estimate of drug-likeness (QED) is 0.704. The van der Waals surface area contributed by atoms with Crippen molar-refractivity contribution in [2.24, 2.45) is 0 Å². The summed E-state index contributed by atoms with van der Waals surface area (Å²) in [4.78, 5) is 11.7. The molecule has 1 aliphatic heterocycles. The lowest BCUT2D eigenvalue weighted by Gasteiger charge is -2.20. The zero-order valence-electron chi connectivity index (χ0n) is 12.0. The summed E-state index contributed by atoms with van der Waals surface area (Å²) in [5, 5.41) is 13.7. The summed E-state index contributed by atoms with van der Waals surface area (Å²) in [6, 6.07) is 4.52. The van der Waals surface area contributed by atoms with E-state index in [4.69, 9.17) is 16.3 Å². The number of aromatic hydroxyl groups is 1. The monoisotopic (exact) mass is 323 g/mol. The highest BCUT2D eigenvalue weighted by molar-refractivity contribution is 6.32. The number of allylic oxidation sites excluding steroid dienone is 2. The molecule has 1 aromatic carbocycles. The van der Waals surface area contributed by atoms with Gasteiger partial charge in [-0.15, -0.1) is 0 Å². The highest BCUT2D eigenvalue weighted by atomic mass is 35.5. The maximum atomic E-state index is 11.7. The van der Waals surface area contributed by atoms with E-state index in [-0.39, 0.29) is 16.8 Å². The van der Waals surface area contributed by atoms with Gasteiger partial charge in [0.15, 0.2) is 0 Å². The largest absolute Gasteiger partial charge is 0.506 e. The van der Waals surface area contributed by atoms with Gasteiger partial charge in [0, 0.05) is 25.0 Å². The van der Waals surface area contributed by atoms with Crippen molar-refractivity contribution in [2.75, 3.05) is 13.2 Å². The third-order valence-corrected chi connectivity index (χ3v) is 3.21. The number of carbonyl (C=O) groups excluding carboxylic acids is 1. The van der Waals surface area contributed by atoms with E-state index in [1.165, 1.54) is 11.1 Å². The van der Waals surface area contributed by atoms with Crippen LogP contribution >= 0.6 is 11.6 Å². The summed E-state index contributed by atoms with van der Waals surface area (Å²) in [6.07, 6.45) is 8.49. The van der Waals surface area contributed by atoms with Crippen molar-refractivity contribution in [1.29, 1.82) is 0 Å². The first kappa shape index (κ1) is 16.0. The van der Waals surface area contributed by atoms with Crippen molar-refractivity contribution in [3.8, 4) is 11.5 Å². The van der Waals surface area contributed by atoms with Crippen molar-refractivity contribution >= 4 is 17.6 Å². The molecule has 0 atom stereocenters. The molecule has 0 saturated carbocycles. The predicted molar refractivity (Wildman–Crippen MR) is 84.5 cm³/mol. The Morgan fingerprint density at radius 1 is 1.36 bits per heavy atom. The van der Waals surface area contributed by atoms with Crippen LogP contribution in [0.15, 0.2) is 42.8 Å². The first-order valence-corrected chi connectivity index (χ1v) is 7.32. The van der Waals surface area contributed by atoms with Crippen LogP contribution in [0.1, 0.15) is 12.8 Å². The Labute approximate surface area is 134 Å². The molecule has 118 valence electrons. The number of hydrogen-bond acceptors (Lipinski definition) is 4. The smallest absolute Gasteiger partial charge is 0.340 e. The van der Waals surface area contributed by atoms with E-state index < -0.39 is 0 Å². The van der Waals surface area contributed by atoms with Gasteiger partial charge in [0.05, 0.1) is 11.6 Å². The van der Waals surface area contributed by atoms with Crippen LogP contribution in [0.3, 0.4) is 0 Å². The Morgan fingerprint density at radius 2 is 2.23 bits per heavy atom. The number of rotatable bonds is 6. The number of phenolic OH excluding ortho intramolecular Hbond substituents is 1. The maximum absolute atomic E-state index is 11.7. The minimum Gasteiger partial charge on any atom is -0.506 e. The molecule has 7 heteroatoms. The first-order valence-electron chi connectivity index (χ1n) is 6.95. The van der Waals surface area contributed by atoms with E-state index in [9.17, 15) is 9.90 Å². The van der Waals surface area contributed by atoms with E-state index in [0.29, 0.717) is 18.9 Å². The molecule has 0 spiro atoms. The minimum absolute atomic E-state index is 0.0342. The topological polar surface area (TPSA) is 73.8 Å². The molecule has 0 saturated heterocycles. The molecule has 6 nitrogen and oxygen atoms in total. The van der Waals surface area contributed by atoms with Crippen LogP contribution in [-0.2, 0) is 0 Å². The fourth-order valence-corrected chi connectivity index (χ4v) is 1.93. The Kier molecular flexibility index (Phi) is 5.97. The summed E-state index contributed by atoms with van der Waals surface area (Å²) < 4.78 is 5.51. The number of carbonyl (C=O) groups is 1. The number of unbranched alkanes of at least 4 members (excludes halogenated alkanes) is 1. The van der Waals surface area contributed by atoms with Crippen LogP contribution < -0.4 is 15.5 Å². The lowest BCUT2D eigenvalue weighted by Crippen LogP contribution is -2.43. The third kappa shape index (κ3) is 4.89. The SMILES string of the molecule is O=C(NCCCCOc1ccc(O)c(Cl)c1)N1C=CC=CN1. The molecule has 2 rings (SSSR count). The number of benzene rings is 1. The molecule has 0 fully saturated rings. The second kappa shape index (κ2) is 8.19. The van der Waals surface area contributed by atoms with Crippen LogP contribution in [0.25, 0.3) is 0 Å². The van der Waals surface area contributed by atoms with Gasteiger partial charge in [0.1, 0.15) is 11.5 Å². The molecule has 0 radical (unpaired) electrons. The molecule has 3 N–H and O–H groups in total. The molecule has 1 aliphatic rings. The highest BCUT2D eigenvalue weighted by Crippen LogP contribution is 2.27. The summed E-state index contributed by atoms with van der Waals surface area (Å²) in [7, 11) is 0. The van der Waals surface area contributed by atoms with E-state index >= 15 is 0 Å². The molecule has 0 unspecified atom stereocenters. The molecule has 0 aliphatic carbocycles. The number of nitrogens with zero attached hydrogens (tertiary/aromatic N) is 1. The van der Waals surface area contributed by atoms with Gasteiger partial charge < -0.3 is 15.2 Å². The second-order valence-corrected chi connectivity index (χ2v) is 5.01. The Bertz CT molecular complexity index is 575. The zero-order chi connectivity index (χ0) is 15.8. The Morgan fingerprint density at radius 3 is 2.95 bits per heavy atom. The average molecular weight is 324 g/mol. The molecule has 0 bridgehead atoms. The molecule has 2 amide bonds. The fraction of sp³-hybridized carbons (Fsp3) is 0.267. The van der Waals surface area contributed by atoms with Crippen molar-refractivity contribution in [2.45, 2.75) is 12.8 Å². The van der Waals surface area contributed by atoms with Gasteiger partial charge in [-0.05, 0) is 37.1 Å². The number of hydrazine groups is 1. The molecular formula is C15H18ClN3O3. The van der Waals surface area contributed by atoms with Gasteiger partial charge >= 0.3 is 6.03 Å². The van der Waals surface area contributed by atoms with E-state index in [1.54, 1.807) is 36.7 Å². The predicted octanol–water partition coefficient (Wildman–Crippen LogP) is 2.76. The number of nitrogens with one attached hydrogen (secondary N) is 2. The van der Waals surface area contributed by atoms with Crippen LogP contribution in [0.4, 0.5) is 4.79 Å². The normalized spacial score (nSPS) is 12.9. The minimum atomic E-state index is -0.202. The molecule has 22 heavy (non-hydrogen) atoms. The van der Waals surface area contributed by atoms with Gasteiger partial charge in [-0.1, -0.05) is 11.6 Å². The summed E-state index contributed by atoms with van der Waals surface area (Å²) >= 11 is 5.79. The highest BCUT2D eigenvalue weighted by Gasteiger charge is 2.08. The molecular weight excluding hydrogens is 306 g/mol. The van der Waals surface area contributed by atoms with Gasteiger partial charge in [0.25, 0.3) is 0 Å². The number of ether oxygens (including phenoxy) is 1.